The van der Waals surface area contributed by atoms with Crippen LogP contribution < -0.4 is 0 Å². The lowest BCUT2D eigenvalue weighted by molar-refractivity contribution is 0.661. The molecule has 55 heavy (non-hydrogen) atoms. The Morgan fingerprint density at radius 2 is 0.964 bits per heavy atom. The van der Waals surface area contributed by atoms with Crippen molar-refractivity contribution >= 4 is 10.8 Å². The molecule has 3 heteroatoms. The molecule has 2 heterocycles. The van der Waals surface area contributed by atoms with E-state index >= 15 is 0 Å². The molecule has 0 atom stereocenters. The summed E-state index contributed by atoms with van der Waals surface area (Å²) in [7, 11) is 0. The van der Waals surface area contributed by atoms with E-state index in [1.54, 1.807) is 6.20 Å². The predicted octanol–water partition coefficient (Wildman–Crippen LogP) is 13.3. The van der Waals surface area contributed by atoms with Gasteiger partial charge in [-0.2, -0.15) is 0 Å². The van der Waals surface area contributed by atoms with Crippen LogP contribution in [-0.4, -0.2) is 15.0 Å². The highest BCUT2D eigenvalue weighted by molar-refractivity contribution is 6.03. The van der Waals surface area contributed by atoms with Gasteiger partial charge in [0.2, 0.25) is 0 Å². The largest absolute Gasteiger partial charge is 0.264 e. The third-order valence-corrected chi connectivity index (χ3v) is 11.2. The van der Waals surface area contributed by atoms with Crippen LogP contribution in [0.1, 0.15) is 25.0 Å². The molecule has 0 saturated carbocycles. The van der Waals surface area contributed by atoms with Crippen LogP contribution in [0.2, 0.25) is 0 Å². The predicted molar refractivity (Wildman–Crippen MR) is 228 cm³/mol. The summed E-state index contributed by atoms with van der Waals surface area (Å²) < 4.78 is 0. The summed E-state index contributed by atoms with van der Waals surface area (Å²) in [5, 5.41) is 2.61. The Balaban J connectivity index is 0.988. The summed E-state index contributed by atoms with van der Waals surface area (Å²) in [6, 6.07) is 62.9. The Morgan fingerprint density at radius 3 is 1.67 bits per heavy atom. The maximum Gasteiger partial charge on any atom is 0.160 e. The van der Waals surface area contributed by atoms with Gasteiger partial charge in [-0.15, -0.1) is 0 Å². The van der Waals surface area contributed by atoms with E-state index in [0.29, 0.717) is 5.82 Å². The standard InChI is InChI=1S/C52H37N3/c1-52(2)46-27-26-42(31-45(46)50-44-16-7-6-10-36(44)25-28-47(50)52)41-14-8-13-40(30-41)34-17-21-37(22-18-34)48-32-49(55-51(54-48)39-11-4-3-5-12-39)38-23-19-35(20-24-38)43-15-9-29-53-33-43/h3-33H,1-2H3. The molecule has 3 nitrogen and oxygen atoms in total. The number of hydrogen-bond donors (Lipinski definition) is 0. The van der Waals surface area contributed by atoms with Gasteiger partial charge < -0.3 is 0 Å². The molecule has 2 aromatic heterocycles. The van der Waals surface area contributed by atoms with Gasteiger partial charge in [-0.1, -0.05) is 166 Å². The van der Waals surface area contributed by atoms with Gasteiger partial charge in [0.25, 0.3) is 0 Å². The minimum atomic E-state index is -0.0476. The number of rotatable bonds is 6. The molecule has 0 aliphatic heterocycles. The molecule has 10 rings (SSSR count). The van der Waals surface area contributed by atoms with Crippen LogP contribution in [0, 0.1) is 0 Å². The van der Waals surface area contributed by atoms with Crippen LogP contribution >= 0.6 is 0 Å². The fourth-order valence-corrected chi connectivity index (χ4v) is 8.24. The van der Waals surface area contributed by atoms with Crippen molar-refractivity contribution in [2.45, 2.75) is 19.3 Å². The third kappa shape index (κ3) is 5.82. The molecular formula is C52H37N3. The van der Waals surface area contributed by atoms with Gasteiger partial charge in [0.05, 0.1) is 11.4 Å². The summed E-state index contributed by atoms with van der Waals surface area (Å²) in [5.41, 5.74) is 17.3. The van der Waals surface area contributed by atoms with Crippen molar-refractivity contribution in [2.24, 2.45) is 0 Å². The number of fused-ring (bicyclic) bond motifs is 5. The Morgan fingerprint density at radius 1 is 0.400 bits per heavy atom. The van der Waals surface area contributed by atoms with Crippen molar-refractivity contribution in [3.05, 3.63) is 199 Å². The summed E-state index contributed by atoms with van der Waals surface area (Å²) >= 11 is 0. The highest BCUT2D eigenvalue weighted by atomic mass is 14.9. The normalized spacial score (nSPS) is 12.7. The zero-order valence-corrected chi connectivity index (χ0v) is 30.7. The average molecular weight is 704 g/mol. The molecule has 0 amide bonds. The lowest BCUT2D eigenvalue weighted by Gasteiger charge is -2.21. The molecule has 7 aromatic carbocycles. The molecule has 1 aliphatic rings. The molecule has 0 N–H and O–H groups in total. The van der Waals surface area contributed by atoms with Crippen LogP contribution in [0.15, 0.2) is 188 Å². The van der Waals surface area contributed by atoms with Gasteiger partial charge in [-0.25, -0.2) is 9.97 Å². The number of benzene rings is 7. The van der Waals surface area contributed by atoms with Crippen LogP contribution in [0.5, 0.6) is 0 Å². The molecule has 0 saturated heterocycles. The molecule has 0 fully saturated rings. The van der Waals surface area contributed by atoms with E-state index in [0.717, 1.165) is 44.8 Å². The van der Waals surface area contributed by atoms with Crippen molar-refractivity contribution in [3.63, 3.8) is 0 Å². The fraction of sp³-hybridized carbons (Fsp3) is 0.0577. The Bertz CT molecular complexity index is 2860. The second kappa shape index (κ2) is 13.2. The van der Waals surface area contributed by atoms with Crippen molar-refractivity contribution in [1.29, 1.82) is 0 Å². The molecule has 0 radical (unpaired) electrons. The van der Waals surface area contributed by atoms with E-state index in [4.69, 9.17) is 9.97 Å². The minimum absolute atomic E-state index is 0.0476. The summed E-state index contributed by atoms with van der Waals surface area (Å²) in [6.45, 7) is 4.70. The molecular weight excluding hydrogens is 667 g/mol. The first-order valence-electron chi connectivity index (χ1n) is 18.8. The van der Waals surface area contributed by atoms with E-state index in [-0.39, 0.29) is 5.41 Å². The second-order valence-electron chi connectivity index (χ2n) is 14.9. The van der Waals surface area contributed by atoms with Crippen LogP contribution in [-0.2, 0) is 5.41 Å². The van der Waals surface area contributed by atoms with Gasteiger partial charge in [0.1, 0.15) is 0 Å². The van der Waals surface area contributed by atoms with Gasteiger partial charge in [-0.05, 0) is 90.7 Å². The zero-order chi connectivity index (χ0) is 36.9. The maximum absolute atomic E-state index is 5.07. The lowest BCUT2D eigenvalue weighted by atomic mass is 9.82. The third-order valence-electron chi connectivity index (χ3n) is 11.2. The van der Waals surface area contributed by atoms with Crippen molar-refractivity contribution in [2.75, 3.05) is 0 Å². The fourth-order valence-electron chi connectivity index (χ4n) is 8.24. The molecule has 0 bridgehead atoms. The van der Waals surface area contributed by atoms with E-state index in [2.05, 4.69) is 170 Å². The Kier molecular flexibility index (Phi) is 7.81. The number of nitrogens with zero attached hydrogens (tertiary/aromatic N) is 3. The minimum Gasteiger partial charge on any atom is -0.264 e. The molecule has 0 spiro atoms. The molecule has 0 unspecified atom stereocenters. The Hall–Kier alpha value is -6.97. The van der Waals surface area contributed by atoms with Crippen LogP contribution in [0.4, 0.5) is 0 Å². The zero-order valence-electron chi connectivity index (χ0n) is 30.7. The summed E-state index contributed by atoms with van der Waals surface area (Å²) in [4.78, 5) is 14.4. The van der Waals surface area contributed by atoms with Crippen molar-refractivity contribution < 1.29 is 0 Å². The molecule has 260 valence electrons. The number of pyridine rings is 1. The van der Waals surface area contributed by atoms with Crippen molar-refractivity contribution in [3.8, 4) is 78.4 Å². The number of aromatic nitrogens is 3. The van der Waals surface area contributed by atoms with E-state index < -0.39 is 0 Å². The Labute approximate surface area is 321 Å². The van der Waals surface area contributed by atoms with E-state index in [1.165, 1.54) is 49.7 Å². The smallest absolute Gasteiger partial charge is 0.160 e. The molecule has 9 aromatic rings. The van der Waals surface area contributed by atoms with Crippen molar-refractivity contribution in [1.82, 2.24) is 15.0 Å². The first kappa shape index (κ1) is 32.7. The average Bonchev–Trinajstić information content (AvgIpc) is 3.49. The SMILES string of the molecule is CC1(C)c2ccc(-c3cccc(-c4ccc(-c5cc(-c6ccc(-c7cccnc7)cc6)nc(-c6ccccc6)n5)cc4)c3)cc2-c2c1ccc1ccccc21. The number of hydrogen-bond acceptors (Lipinski definition) is 3. The highest BCUT2D eigenvalue weighted by Gasteiger charge is 2.36. The monoisotopic (exact) mass is 703 g/mol. The van der Waals surface area contributed by atoms with Gasteiger partial charge in [0.15, 0.2) is 5.82 Å². The van der Waals surface area contributed by atoms with Gasteiger partial charge >= 0.3 is 0 Å². The second-order valence-corrected chi connectivity index (χ2v) is 14.9. The summed E-state index contributed by atoms with van der Waals surface area (Å²) in [5.74, 6) is 0.703. The maximum atomic E-state index is 5.07. The highest BCUT2D eigenvalue weighted by Crippen LogP contribution is 2.52. The van der Waals surface area contributed by atoms with Crippen LogP contribution in [0.25, 0.3) is 89.2 Å². The topological polar surface area (TPSA) is 38.7 Å². The van der Waals surface area contributed by atoms with Gasteiger partial charge in [-0.3, -0.25) is 4.98 Å². The first-order chi connectivity index (χ1) is 27.0. The van der Waals surface area contributed by atoms with Gasteiger partial charge in [0, 0.05) is 34.5 Å². The first-order valence-corrected chi connectivity index (χ1v) is 18.8. The van der Waals surface area contributed by atoms with Crippen LogP contribution in [0.3, 0.4) is 0 Å². The quantitative estimate of drug-likeness (QED) is 0.173. The van der Waals surface area contributed by atoms with E-state index in [9.17, 15) is 0 Å². The molecule has 1 aliphatic carbocycles. The van der Waals surface area contributed by atoms with E-state index in [1.807, 2.05) is 30.5 Å². The lowest BCUT2D eigenvalue weighted by Crippen LogP contribution is -2.14. The summed E-state index contributed by atoms with van der Waals surface area (Å²) in [6.07, 6.45) is 3.69.